The first-order chi connectivity index (χ1) is 33.1. The molecule has 1 aliphatic carbocycles. The van der Waals surface area contributed by atoms with Crippen molar-refractivity contribution in [1.82, 2.24) is 50.1 Å². The van der Waals surface area contributed by atoms with Gasteiger partial charge in [0.1, 0.15) is 23.7 Å². The lowest BCUT2D eigenvalue weighted by Gasteiger charge is -2.61. The van der Waals surface area contributed by atoms with Crippen LogP contribution < -0.4 is 27.0 Å². The quantitative estimate of drug-likeness (QED) is 0.101. The number of nitrogens with two attached hydrogens (primary N) is 2. The van der Waals surface area contributed by atoms with Gasteiger partial charge in [0.05, 0.1) is 17.8 Å². The predicted octanol–water partition coefficient (Wildman–Crippen LogP) is 5.64. The molecular weight excluding hydrogens is 871 g/mol. The molecule has 4 aliphatic heterocycles. The van der Waals surface area contributed by atoms with E-state index in [9.17, 15) is 19.5 Å². The number of hydrogen-bond acceptors (Lipinski definition) is 11. The van der Waals surface area contributed by atoms with E-state index in [1.807, 2.05) is 86.3 Å². The fourth-order valence-electron chi connectivity index (χ4n) is 11.9. The van der Waals surface area contributed by atoms with Crippen molar-refractivity contribution in [3.63, 3.8) is 0 Å². The van der Waals surface area contributed by atoms with E-state index < -0.39 is 17.5 Å². The average molecular weight is 938 g/mol. The Balaban J connectivity index is 0.685. The number of urea groups is 1. The maximum atomic E-state index is 14.2. The molecule has 3 aromatic heterocycles. The Morgan fingerprint density at radius 3 is 2.46 bits per heavy atom. The number of aromatic nitrogens is 5. The number of nitrogens with one attached hydrogen (secondary N) is 3. The smallest absolute Gasteiger partial charge is 0.318 e. The summed E-state index contributed by atoms with van der Waals surface area (Å²) < 4.78 is 1.82. The Bertz CT molecular complexity index is 2770. The first kappa shape index (κ1) is 46.1. The van der Waals surface area contributed by atoms with Crippen LogP contribution in [0.3, 0.4) is 0 Å². The van der Waals surface area contributed by atoms with Crippen molar-refractivity contribution in [3.05, 3.63) is 94.6 Å². The number of carbonyl (C=O) groups is 3. The molecule has 0 radical (unpaired) electrons. The molecular formula is C52H67N13O4. The molecule has 3 unspecified atom stereocenters. The molecule has 1 spiro atoms. The van der Waals surface area contributed by atoms with E-state index >= 15 is 0 Å². The molecule has 1 saturated carbocycles. The van der Waals surface area contributed by atoms with Gasteiger partial charge < -0.3 is 51.8 Å². The molecule has 364 valence electrons. The molecule has 3 saturated heterocycles. The highest BCUT2D eigenvalue weighted by molar-refractivity contribution is 5.93. The number of phenolic OH excluding ortho intramolecular Hbond substituents is 1. The Hall–Kier alpha value is -6.62. The fraction of sp³-hybridized carbons (Fsp3) is 0.500. The molecule has 4 fully saturated rings. The number of aryl methyl sites for hydroxylation is 1. The number of nitrogens with zero attached hydrogens (tertiary/aromatic N) is 8. The van der Waals surface area contributed by atoms with E-state index in [2.05, 4.69) is 37.4 Å². The number of benzene rings is 2. The zero-order valence-corrected chi connectivity index (χ0v) is 40.5. The summed E-state index contributed by atoms with van der Waals surface area (Å²) in [5.41, 5.74) is 19.7. The number of hydrogen-bond donors (Lipinski definition) is 6. The molecule has 4 amide bonds. The number of para-hydroxylation sites is 1. The van der Waals surface area contributed by atoms with Gasteiger partial charge in [0.2, 0.25) is 17.8 Å². The number of rotatable bonds is 10. The molecule has 7 heterocycles. The molecule has 69 heavy (non-hydrogen) atoms. The van der Waals surface area contributed by atoms with Crippen LogP contribution in [0.4, 0.5) is 16.6 Å². The summed E-state index contributed by atoms with van der Waals surface area (Å²) in [6, 6.07) is 11.9. The minimum absolute atomic E-state index is 0.0480. The van der Waals surface area contributed by atoms with E-state index in [0.717, 1.165) is 91.4 Å². The molecule has 10 rings (SSSR count). The average Bonchev–Trinajstić information content (AvgIpc) is 4.03. The Morgan fingerprint density at radius 2 is 1.74 bits per heavy atom. The van der Waals surface area contributed by atoms with Gasteiger partial charge in [-0.1, -0.05) is 39.0 Å². The van der Waals surface area contributed by atoms with Gasteiger partial charge in [-0.25, -0.2) is 14.8 Å². The van der Waals surface area contributed by atoms with Crippen LogP contribution in [0.25, 0.3) is 22.7 Å². The molecule has 0 bridgehead atoms. The summed E-state index contributed by atoms with van der Waals surface area (Å²) in [6.45, 7) is 13.1. The number of carbonyl (C=O) groups excluding carboxylic acids is 3. The maximum absolute atomic E-state index is 14.2. The highest BCUT2D eigenvalue weighted by atomic mass is 16.3. The molecule has 17 nitrogen and oxygen atoms in total. The van der Waals surface area contributed by atoms with Gasteiger partial charge in [-0.05, 0) is 111 Å². The number of phenols is 1. The molecule has 17 heteroatoms. The first-order valence-electron chi connectivity index (χ1n) is 24.7. The van der Waals surface area contributed by atoms with Crippen LogP contribution in [-0.4, -0.2) is 120 Å². The van der Waals surface area contributed by atoms with Crippen molar-refractivity contribution in [2.45, 2.75) is 109 Å². The Kier molecular flexibility index (Phi) is 12.1. The molecule has 2 aromatic carbocycles. The predicted molar refractivity (Wildman–Crippen MR) is 267 cm³/mol. The van der Waals surface area contributed by atoms with Crippen molar-refractivity contribution in [3.8, 4) is 5.75 Å². The Morgan fingerprint density at radius 1 is 1.00 bits per heavy atom. The van der Waals surface area contributed by atoms with Gasteiger partial charge in [-0.3, -0.25) is 14.3 Å². The number of piperidine rings is 1. The number of likely N-dealkylation sites (tertiary alicyclic amines) is 3. The lowest BCUT2D eigenvalue weighted by atomic mass is 9.60. The number of amides is 4. The SMILES string of the molecule is CC1c2c([nH]c(N)c2/C=C(\N)c2ccccc2O)CCN1c1ncc(C2CCN(C3CC4(C3)CN(C(=O)NC(C(=O)N3CCCC3C(=O)NCc3ccc5c(cnn5C)c3)C(C)(C)C)C4)CC2)cn1. The normalized spacial score (nSPS) is 21.5. The zero-order chi connectivity index (χ0) is 48.4. The van der Waals surface area contributed by atoms with E-state index in [-0.39, 0.29) is 35.1 Å². The van der Waals surface area contributed by atoms with Crippen LogP contribution in [0.5, 0.6) is 5.75 Å². The summed E-state index contributed by atoms with van der Waals surface area (Å²) in [5.74, 6) is 1.38. The lowest BCUT2D eigenvalue weighted by Crippen LogP contribution is -2.70. The molecule has 5 aliphatic rings. The van der Waals surface area contributed by atoms with Crippen LogP contribution in [-0.2, 0) is 29.6 Å². The maximum Gasteiger partial charge on any atom is 0.318 e. The second-order valence-electron chi connectivity index (χ2n) is 21.4. The molecule has 5 aromatic rings. The fourth-order valence-corrected chi connectivity index (χ4v) is 11.9. The third-order valence-corrected chi connectivity index (χ3v) is 15.8. The van der Waals surface area contributed by atoms with Gasteiger partial charge in [0.15, 0.2) is 0 Å². The van der Waals surface area contributed by atoms with Crippen molar-refractivity contribution in [2.24, 2.45) is 23.6 Å². The third-order valence-electron chi connectivity index (χ3n) is 15.8. The highest BCUT2D eigenvalue weighted by Gasteiger charge is 2.56. The van der Waals surface area contributed by atoms with Crippen molar-refractivity contribution >= 4 is 52.3 Å². The van der Waals surface area contributed by atoms with Crippen LogP contribution in [0.15, 0.2) is 61.1 Å². The van der Waals surface area contributed by atoms with Gasteiger partial charge in [-0.15, -0.1) is 0 Å². The minimum atomic E-state index is -0.764. The second kappa shape index (κ2) is 18.0. The zero-order valence-electron chi connectivity index (χ0n) is 40.5. The monoisotopic (exact) mass is 938 g/mol. The number of H-pyrrole nitrogens is 1. The molecule has 3 atom stereocenters. The summed E-state index contributed by atoms with van der Waals surface area (Å²) in [6.07, 6.45) is 14.0. The van der Waals surface area contributed by atoms with Gasteiger partial charge in [-0.2, -0.15) is 5.10 Å². The number of nitrogen functional groups attached to an aromatic ring is 1. The number of aromatic hydroxyl groups is 1. The minimum Gasteiger partial charge on any atom is -0.507 e. The Labute approximate surface area is 403 Å². The van der Waals surface area contributed by atoms with Crippen molar-refractivity contribution in [2.75, 3.05) is 49.9 Å². The van der Waals surface area contributed by atoms with E-state index in [1.165, 1.54) is 5.56 Å². The van der Waals surface area contributed by atoms with Crippen LogP contribution in [0.2, 0.25) is 0 Å². The topological polar surface area (TPSA) is 220 Å². The van der Waals surface area contributed by atoms with Gasteiger partial charge >= 0.3 is 6.03 Å². The van der Waals surface area contributed by atoms with E-state index in [4.69, 9.17) is 21.4 Å². The van der Waals surface area contributed by atoms with Crippen LogP contribution in [0, 0.1) is 10.8 Å². The second-order valence-corrected chi connectivity index (χ2v) is 21.4. The molecule has 8 N–H and O–H groups in total. The van der Waals surface area contributed by atoms with Gasteiger partial charge in [0.25, 0.3) is 0 Å². The van der Waals surface area contributed by atoms with E-state index in [0.29, 0.717) is 67.6 Å². The summed E-state index contributed by atoms with van der Waals surface area (Å²) in [4.78, 5) is 63.0. The van der Waals surface area contributed by atoms with Gasteiger partial charge in [0, 0.05) is 104 Å². The van der Waals surface area contributed by atoms with Crippen molar-refractivity contribution < 1.29 is 19.5 Å². The van der Waals surface area contributed by atoms with Crippen LogP contribution in [0.1, 0.15) is 112 Å². The number of anilines is 2. The number of aromatic amines is 1. The number of fused-ring (bicyclic) bond motifs is 2. The van der Waals surface area contributed by atoms with Crippen LogP contribution >= 0.6 is 0 Å². The third kappa shape index (κ3) is 8.85. The lowest BCUT2D eigenvalue weighted by molar-refractivity contribution is -0.142. The standard InChI is InChI=1S/C52H67N13O4/c1-31-44-38(22-39(53)37-9-6-7-11-43(37)66)46(54)59-40(44)16-20-64(31)49-56-26-35(27-57-49)33-14-18-62(19-15-33)36-23-52(24-36)29-63(30-52)50(69)60-45(51(2,3)4)48(68)65-17-8-10-42(65)47(67)55-25-32-12-13-41-34(21-32)28-58-61(41)5/h6-7,9,11-13,21-22,26-28,31,33,36,42,45,59,66H,8,10,14-20,23-25,29-30,53-54H2,1-5H3,(H,55,67)(H,60,69)/b39-22-. The summed E-state index contributed by atoms with van der Waals surface area (Å²) in [7, 11) is 1.90. The first-order valence-corrected chi connectivity index (χ1v) is 24.7. The van der Waals surface area contributed by atoms with Crippen molar-refractivity contribution in [1.29, 1.82) is 0 Å². The largest absolute Gasteiger partial charge is 0.507 e. The van der Waals surface area contributed by atoms with E-state index in [1.54, 1.807) is 23.1 Å². The highest BCUT2D eigenvalue weighted by Crippen LogP contribution is 2.51. The summed E-state index contributed by atoms with van der Waals surface area (Å²) >= 11 is 0. The summed E-state index contributed by atoms with van der Waals surface area (Å²) in [5, 5.41) is 21.9.